The normalized spacial score (nSPS) is 11.4. The minimum absolute atomic E-state index is 0.767. The maximum absolute atomic E-state index is 5.74. The second kappa shape index (κ2) is 6.20. The van der Waals surface area contributed by atoms with Crippen molar-refractivity contribution in [1.82, 2.24) is 20.1 Å². The van der Waals surface area contributed by atoms with E-state index in [1.165, 1.54) is 0 Å². The standard InChI is InChI=1S/C22H18N4O2/c1-12-20(13(2)28-26-12)16-9-18-15(10-19(16)27-3)21-17(25-18)6-8-24-22(21)14-5-4-7-23-11-14/h4-11,25H,1-3H3. The number of aromatic amines is 1. The quantitative estimate of drug-likeness (QED) is 0.480. The number of ether oxygens (including phenoxy) is 1. The molecule has 0 unspecified atom stereocenters. The van der Waals surface area contributed by atoms with E-state index in [0.29, 0.717) is 0 Å². The van der Waals surface area contributed by atoms with Crippen molar-refractivity contribution in [3.8, 4) is 28.1 Å². The highest BCUT2D eigenvalue weighted by Gasteiger charge is 2.19. The summed E-state index contributed by atoms with van der Waals surface area (Å²) < 4.78 is 11.1. The molecule has 0 bridgehead atoms. The summed E-state index contributed by atoms with van der Waals surface area (Å²) in [5.41, 5.74) is 6.64. The summed E-state index contributed by atoms with van der Waals surface area (Å²) in [7, 11) is 1.68. The molecule has 1 aromatic carbocycles. The second-order valence-corrected chi connectivity index (χ2v) is 6.75. The molecule has 1 N–H and O–H groups in total. The van der Waals surface area contributed by atoms with E-state index in [1.54, 1.807) is 13.3 Å². The molecule has 6 nitrogen and oxygen atoms in total. The SMILES string of the molecule is COc1cc2c(cc1-c1c(C)noc1C)[nH]c1ccnc(-c3cccnc3)c12. The lowest BCUT2D eigenvalue weighted by molar-refractivity contribution is 0.393. The molecule has 0 aliphatic carbocycles. The number of methoxy groups -OCH3 is 1. The molecule has 0 atom stereocenters. The maximum Gasteiger partial charge on any atom is 0.141 e. The predicted octanol–water partition coefficient (Wildman–Crippen LogP) is 5.06. The zero-order chi connectivity index (χ0) is 19.3. The Bertz CT molecular complexity index is 1300. The van der Waals surface area contributed by atoms with E-state index in [9.17, 15) is 0 Å². The summed E-state index contributed by atoms with van der Waals surface area (Å²) in [5.74, 6) is 1.53. The van der Waals surface area contributed by atoms with E-state index in [1.807, 2.05) is 44.4 Å². The smallest absolute Gasteiger partial charge is 0.141 e. The van der Waals surface area contributed by atoms with Crippen molar-refractivity contribution < 1.29 is 9.26 Å². The number of fused-ring (bicyclic) bond motifs is 3. The van der Waals surface area contributed by atoms with Gasteiger partial charge in [0.2, 0.25) is 0 Å². The fraction of sp³-hybridized carbons (Fsp3) is 0.136. The molecule has 4 heterocycles. The van der Waals surface area contributed by atoms with E-state index >= 15 is 0 Å². The Balaban J connectivity index is 1.85. The van der Waals surface area contributed by atoms with E-state index in [-0.39, 0.29) is 0 Å². The van der Waals surface area contributed by atoms with E-state index in [2.05, 4.69) is 32.2 Å². The lowest BCUT2D eigenvalue weighted by atomic mass is 9.99. The topological polar surface area (TPSA) is 76.8 Å². The van der Waals surface area contributed by atoms with Gasteiger partial charge in [0.15, 0.2) is 0 Å². The van der Waals surface area contributed by atoms with Gasteiger partial charge in [0.25, 0.3) is 0 Å². The molecule has 0 radical (unpaired) electrons. The molecule has 5 aromatic rings. The number of rotatable bonds is 3. The van der Waals surface area contributed by atoms with Gasteiger partial charge in [0.05, 0.1) is 29.6 Å². The first-order valence-corrected chi connectivity index (χ1v) is 8.99. The van der Waals surface area contributed by atoms with E-state index in [4.69, 9.17) is 9.26 Å². The van der Waals surface area contributed by atoms with Crippen LogP contribution >= 0.6 is 0 Å². The van der Waals surface area contributed by atoms with Gasteiger partial charge in [-0.25, -0.2) is 0 Å². The summed E-state index contributed by atoms with van der Waals surface area (Å²) in [6.07, 6.45) is 5.40. The molecular formula is C22H18N4O2. The van der Waals surface area contributed by atoms with Crippen LogP contribution in [0.3, 0.4) is 0 Å². The Kier molecular flexibility index (Phi) is 3.65. The number of hydrogen-bond acceptors (Lipinski definition) is 5. The van der Waals surface area contributed by atoms with Gasteiger partial charge >= 0.3 is 0 Å². The molecule has 0 aliphatic rings. The first-order chi connectivity index (χ1) is 13.7. The molecule has 28 heavy (non-hydrogen) atoms. The molecule has 5 rings (SSSR count). The Hall–Kier alpha value is -3.67. The third-order valence-corrected chi connectivity index (χ3v) is 5.07. The third-order valence-electron chi connectivity index (χ3n) is 5.07. The fourth-order valence-electron chi connectivity index (χ4n) is 3.83. The van der Waals surface area contributed by atoms with Crippen LogP contribution in [0.4, 0.5) is 0 Å². The van der Waals surface area contributed by atoms with Crippen LogP contribution in [0.2, 0.25) is 0 Å². The van der Waals surface area contributed by atoms with Crippen LogP contribution in [0.15, 0.2) is 53.4 Å². The van der Waals surface area contributed by atoms with Gasteiger partial charge in [-0.05, 0) is 44.2 Å². The average molecular weight is 370 g/mol. The number of aryl methyl sites for hydroxylation is 2. The van der Waals surface area contributed by atoms with Gasteiger partial charge in [-0.2, -0.15) is 0 Å². The van der Waals surface area contributed by atoms with Crippen molar-refractivity contribution in [1.29, 1.82) is 0 Å². The predicted molar refractivity (Wildman–Crippen MR) is 108 cm³/mol. The number of pyridine rings is 2. The zero-order valence-corrected chi connectivity index (χ0v) is 15.8. The minimum Gasteiger partial charge on any atom is -0.496 e. The van der Waals surface area contributed by atoms with Gasteiger partial charge in [-0.3, -0.25) is 9.97 Å². The summed E-state index contributed by atoms with van der Waals surface area (Å²) in [6.45, 7) is 3.85. The summed E-state index contributed by atoms with van der Waals surface area (Å²) in [5, 5.41) is 6.19. The number of hydrogen-bond donors (Lipinski definition) is 1. The van der Waals surface area contributed by atoms with Gasteiger partial charge in [0, 0.05) is 46.0 Å². The molecule has 6 heteroatoms. The zero-order valence-electron chi connectivity index (χ0n) is 15.8. The molecule has 4 aromatic heterocycles. The van der Waals surface area contributed by atoms with Crippen molar-refractivity contribution in [3.05, 3.63) is 60.4 Å². The van der Waals surface area contributed by atoms with Gasteiger partial charge in [-0.15, -0.1) is 0 Å². The highest BCUT2D eigenvalue weighted by atomic mass is 16.5. The number of nitrogens with one attached hydrogen (secondary N) is 1. The molecule has 0 saturated heterocycles. The highest BCUT2D eigenvalue weighted by Crippen LogP contribution is 2.41. The average Bonchev–Trinajstić information content (AvgIpc) is 3.26. The molecule has 0 aliphatic heterocycles. The van der Waals surface area contributed by atoms with Crippen LogP contribution in [0.1, 0.15) is 11.5 Å². The van der Waals surface area contributed by atoms with E-state index in [0.717, 1.165) is 61.4 Å². The molecule has 0 spiro atoms. The van der Waals surface area contributed by atoms with Gasteiger partial charge in [-0.1, -0.05) is 5.16 Å². The third kappa shape index (κ3) is 2.38. The van der Waals surface area contributed by atoms with Crippen LogP contribution in [-0.2, 0) is 0 Å². The lowest BCUT2D eigenvalue weighted by Crippen LogP contribution is -1.90. The molecule has 0 saturated carbocycles. The van der Waals surface area contributed by atoms with Gasteiger partial charge < -0.3 is 14.2 Å². The van der Waals surface area contributed by atoms with Crippen LogP contribution in [0, 0.1) is 13.8 Å². The van der Waals surface area contributed by atoms with Crippen LogP contribution in [0.25, 0.3) is 44.2 Å². The minimum atomic E-state index is 0.767. The Morgan fingerprint density at radius 2 is 1.96 bits per heavy atom. The molecular weight excluding hydrogens is 352 g/mol. The van der Waals surface area contributed by atoms with Gasteiger partial charge in [0.1, 0.15) is 11.5 Å². The van der Waals surface area contributed by atoms with Crippen molar-refractivity contribution in [2.45, 2.75) is 13.8 Å². The molecule has 0 amide bonds. The lowest BCUT2D eigenvalue weighted by Gasteiger charge is -2.09. The fourth-order valence-corrected chi connectivity index (χ4v) is 3.83. The van der Waals surface area contributed by atoms with Crippen molar-refractivity contribution in [2.75, 3.05) is 7.11 Å². The Labute approximate surface area is 161 Å². The number of H-pyrrole nitrogens is 1. The second-order valence-electron chi connectivity index (χ2n) is 6.75. The first kappa shape index (κ1) is 16.5. The number of nitrogens with zero attached hydrogens (tertiary/aromatic N) is 3. The van der Waals surface area contributed by atoms with Crippen LogP contribution < -0.4 is 4.74 Å². The van der Waals surface area contributed by atoms with Crippen molar-refractivity contribution in [2.24, 2.45) is 0 Å². The molecule has 0 fully saturated rings. The summed E-state index contributed by atoms with van der Waals surface area (Å²) in [4.78, 5) is 12.4. The number of aromatic nitrogens is 4. The van der Waals surface area contributed by atoms with Crippen LogP contribution in [0.5, 0.6) is 5.75 Å². The first-order valence-electron chi connectivity index (χ1n) is 8.99. The Morgan fingerprint density at radius 1 is 1.07 bits per heavy atom. The Morgan fingerprint density at radius 3 is 2.68 bits per heavy atom. The van der Waals surface area contributed by atoms with Crippen LogP contribution in [-0.4, -0.2) is 27.2 Å². The van der Waals surface area contributed by atoms with Crippen molar-refractivity contribution >= 4 is 21.8 Å². The maximum atomic E-state index is 5.74. The highest BCUT2D eigenvalue weighted by molar-refractivity contribution is 6.14. The van der Waals surface area contributed by atoms with Crippen molar-refractivity contribution in [3.63, 3.8) is 0 Å². The largest absolute Gasteiger partial charge is 0.496 e. The number of benzene rings is 1. The molecule has 138 valence electrons. The monoisotopic (exact) mass is 370 g/mol. The summed E-state index contributed by atoms with van der Waals surface area (Å²) >= 11 is 0. The van der Waals surface area contributed by atoms with E-state index < -0.39 is 0 Å². The summed E-state index contributed by atoms with van der Waals surface area (Å²) in [6, 6.07) is 10.1.